The largest absolute Gasteiger partial charge is 0.496 e. The Hall–Kier alpha value is -4.18. The van der Waals surface area contributed by atoms with Crippen molar-refractivity contribution < 1.29 is 24.1 Å². The zero-order valence-corrected chi connectivity index (χ0v) is 24.6. The molecule has 3 aromatic carbocycles. The lowest BCUT2D eigenvalue weighted by molar-refractivity contribution is -0.144. The number of halogens is 1. The van der Waals surface area contributed by atoms with E-state index in [9.17, 15) is 14.7 Å². The Balaban J connectivity index is 1.90. The summed E-state index contributed by atoms with van der Waals surface area (Å²) >= 11 is 3.43. The van der Waals surface area contributed by atoms with Crippen LogP contribution in [-0.4, -0.2) is 47.3 Å². The minimum absolute atomic E-state index is 0.174. The number of fused-ring (bicyclic) bond motifs is 1. The predicted molar refractivity (Wildman–Crippen MR) is 158 cm³/mol. The van der Waals surface area contributed by atoms with Gasteiger partial charge in [0, 0.05) is 5.56 Å². The molecule has 208 valence electrons. The molecule has 0 aliphatic carbocycles. The third-order valence-corrected chi connectivity index (χ3v) is 7.00. The van der Waals surface area contributed by atoms with Crippen molar-refractivity contribution in [1.82, 2.24) is 9.66 Å². The van der Waals surface area contributed by atoms with Gasteiger partial charge in [0.2, 0.25) is 0 Å². The number of carboxylic acid groups (broad SMARTS) is 1. The number of nitrogens with zero attached hydrogens (tertiary/aromatic N) is 3. The number of carbonyl (C=O) groups is 1. The summed E-state index contributed by atoms with van der Waals surface area (Å²) < 4.78 is 18.4. The van der Waals surface area contributed by atoms with Crippen LogP contribution in [0.4, 0.5) is 0 Å². The Morgan fingerprint density at radius 3 is 2.42 bits per heavy atom. The van der Waals surface area contributed by atoms with Gasteiger partial charge in [0.25, 0.3) is 5.56 Å². The van der Waals surface area contributed by atoms with E-state index in [0.717, 1.165) is 22.4 Å². The standard InChI is InChI=1S/C30H30BrN3O6/c1-16(2)21-14-22(17(3)11-25(21)38-5)28-33-24-10-8-7-9-20(24)29(35)34(28)32-15-19-12-23(31)27(26(13-19)39-6)40-18(4)30(36)37/h7-16,18H,1-6H3,(H,36,37)/t18-/m1/s1. The summed E-state index contributed by atoms with van der Waals surface area (Å²) in [6, 6.07) is 14.4. The molecule has 4 rings (SSSR count). The van der Waals surface area contributed by atoms with E-state index < -0.39 is 12.1 Å². The quantitative estimate of drug-likeness (QED) is 0.232. The number of benzene rings is 3. The Bertz CT molecular complexity index is 1680. The zero-order valence-electron chi connectivity index (χ0n) is 23.1. The number of aromatic nitrogens is 2. The Morgan fingerprint density at radius 1 is 1.07 bits per heavy atom. The molecule has 0 saturated carbocycles. The highest BCUT2D eigenvalue weighted by Gasteiger charge is 2.20. The second-order valence-electron chi connectivity index (χ2n) is 9.51. The maximum absolute atomic E-state index is 13.7. The number of para-hydroxylation sites is 1. The molecule has 4 aromatic rings. The Morgan fingerprint density at radius 2 is 1.77 bits per heavy atom. The molecule has 1 aromatic heterocycles. The number of ether oxygens (including phenoxy) is 3. The van der Waals surface area contributed by atoms with Gasteiger partial charge in [0.05, 0.1) is 35.8 Å². The summed E-state index contributed by atoms with van der Waals surface area (Å²) in [4.78, 5) is 29.8. The predicted octanol–water partition coefficient (Wildman–Crippen LogP) is 6.01. The number of aryl methyl sites for hydroxylation is 1. The first-order chi connectivity index (χ1) is 19.0. The van der Waals surface area contributed by atoms with Crippen LogP contribution in [0.25, 0.3) is 22.3 Å². The minimum Gasteiger partial charge on any atom is -0.496 e. The molecule has 1 atom stereocenters. The van der Waals surface area contributed by atoms with Gasteiger partial charge in [-0.05, 0) is 88.8 Å². The van der Waals surface area contributed by atoms with E-state index in [0.29, 0.717) is 32.5 Å². The highest BCUT2D eigenvalue weighted by Crippen LogP contribution is 2.37. The fraction of sp³-hybridized carbons (Fsp3) is 0.267. The Labute approximate surface area is 240 Å². The second-order valence-corrected chi connectivity index (χ2v) is 10.4. The average molecular weight is 608 g/mol. The van der Waals surface area contributed by atoms with Crippen LogP contribution in [0.2, 0.25) is 0 Å². The van der Waals surface area contributed by atoms with Crippen LogP contribution < -0.4 is 19.8 Å². The van der Waals surface area contributed by atoms with Gasteiger partial charge in [-0.2, -0.15) is 9.78 Å². The van der Waals surface area contributed by atoms with E-state index in [-0.39, 0.29) is 17.2 Å². The van der Waals surface area contributed by atoms with Gasteiger partial charge >= 0.3 is 5.97 Å². The van der Waals surface area contributed by atoms with Crippen LogP contribution in [0.3, 0.4) is 0 Å². The Kier molecular flexibility index (Phi) is 8.58. The van der Waals surface area contributed by atoms with E-state index in [2.05, 4.69) is 34.9 Å². The van der Waals surface area contributed by atoms with Gasteiger partial charge in [-0.25, -0.2) is 9.78 Å². The van der Waals surface area contributed by atoms with Gasteiger partial charge in [-0.15, -0.1) is 0 Å². The molecule has 0 aliphatic heterocycles. The van der Waals surface area contributed by atoms with Crippen LogP contribution in [0.1, 0.15) is 43.4 Å². The maximum atomic E-state index is 13.7. The van der Waals surface area contributed by atoms with Crippen LogP contribution in [0.5, 0.6) is 17.2 Å². The van der Waals surface area contributed by atoms with E-state index in [1.807, 2.05) is 25.1 Å². The third-order valence-electron chi connectivity index (χ3n) is 6.41. The molecule has 0 saturated heterocycles. The summed E-state index contributed by atoms with van der Waals surface area (Å²) in [5, 5.41) is 14.2. The van der Waals surface area contributed by atoms with Gasteiger partial charge in [0.15, 0.2) is 23.4 Å². The minimum atomic E-state index is -1.11. The third kappa shape index (κ3) is 5.72. The molecule has 0 radical (unpaired) electrons. The monoisotopic (exact) mass is 607 g/mol. The van der Waals surface area contributed by atoms with E-state index in [4.69, 9.17) is 19.2 Å². The van der Waals surface area contributed by atoms with Gasteiger partial charge in [-0.1, -0.05) is 26.0 Å². The van der Waals surface area contributed by atoms with Crippen molar-refractivity contribution >= 4 is 39.0 Å². The van der Waals surface area contributed by atoms with E-state index >= 15 is 0 Å². The second kappa shape index (κ2) is 11.9. The molecule has 9 nitrogen and oxygen atoms in total. The molecule has 1 N–H and O–H groups in total. The molecule has 0 unspecified atom stereocenters. The van der Waals surface area contributed by atoms with E-state index in [1.54, 1.807) is 37.4 Å². The number of hydrogen-bond acceptors (Lipinski definition) is 7. The van der Waals surface area contributed by atoms with Crippen molar-refractivity contribution in [3.05, 3.63) is 80.0 Å². The fourth-order valence-electron chi connectivity index (χ4n) is 4.25. The average Bonchev–Trinajstić information content (AvgIpc) is 2.93. The summed E-state index contributed by atoms with van der Waals surface area (Å²) in [5.41, 5.74) is 3.45. The molecule has 10 heteroatoms. The molecular formula is C30H30BrN3O6. The summed E-state index contributed by atoms with van der Waals surface area (Å²) in [5.74, 6) is 0.780. The molecule has 0 spiro atoms. The van der Waals surface area contributed by atoms with Crippen molar-refractivity contribution in [3.8, 4) is 28.6 Å². The molecule has 1 heterocycles. The highest BCUT2D eigenvalue weighted by atomic mass is 79.9. The number of rotatable bonds is 9. The summed E-state index contributed by atoms with van der Waals surface area (Å²) in [6.07, 6.45) is 0.430. The van der Waals surface area contributed by atoms with E-state index in [1.165, 1.54) is 24.9 Å². The molecular weight excluding hydrogens is 578 g/mol. The number of methoxy groups -OCH3 is 2. The first kappa shape index (κ1) is 28.8. The number of carboxylic acids is 1. The molecule has 0 bridgehead atoms. The lowest BCUT2D eigenvalue weighted by atomic mass is 9.96. The van der Waals surface area contributed by atoms with Crippen molar-refractivity contribution in [2.45, 2.75) is 39.7 Å². The van der Waals surface area contributed by atoms with Crippen molar-refractivity contribution in [2.24, 2.45) is 5.10 Å². The number of hydrogen-bond donors (Lipinski definition) is 1. The summed E-state index contributed by atoms with van der Waals surface area (Å²) in [7, 11) is 3.09. The van der Waals surface area contributed by atoms with Crippen molar-refractivity contribution in [3.63, 3.8) is 0 Å². The maximum Gasteiger partial charge on any atom is 0.344 e. The van der Waals surface area contributed by atoms with Crippen LogP contribution >= 0.6 is 15.9 Å². The van der Waals surface area contributed by atoms with Gasteiger partial charge < -0.3 is 19.3 Å². The zero-order chi connectivity index (χ0) is 29.1. The fourth-order valence-corrected chi connectivity index (χ4v) is 4.81. The topological polar surface area (TPSA) is 112 Å². The van der Waals surface area contributed by atoms with Crippen LogP contribution in [0, 0.1) is 6.92 Å². The first-order valence-corrected chi connectivity index (χ1v) is 13.4. The number of aliphatic carboxylic acids is 1. The lowest BCUT2D eigenvalue weighted by Gasteiger charge is -2.17. The molecule has 0 aliphatic rings. The smallest absolute Gasteiger partial charge is 0.344 e. The highest BCUT2D eigenvalue weighted by molar-refractivity contribution is 9.10. The van der Waals surface area contributed by atoms with Crippen molar-refractivity contribution in [2.75, 3.05) is 14.2 Å². The SMILES string of the molecule is COc1cc(C)c(-c2nc3ccccc3c(=O)n2N=Cc2cc(Br)c(O[C@H](C)C(=O)O)c(OC)c2)cc1C(C)C. The normalized spacial score (nSPS) is 12.2. The van der Waals surface area contributed by atoms with Gasteiger partial charge in [-0.3, -0.25) is 4.79 Å². The molecule has 40 heavy (non-hydrogen) atoms. The van der Waals surface area contributed by atoms with Gasteiger partial charge in [0.1, 0.15) is 5.75 Å². The van der Waals surface area contributed by atoms with Crippen LogP contribution in [0.15, 0.2) is 62.9 Å². The van der Waals surface area contributed by atoms with Crippen molar-refractivity contribution in [1.29, 1.82) is 0 Å². The molecule has 0 fully saturated rings. The lowest BCUT2D eigenvalue weighted by Crippen LogP contribution is -2.23. The summed E-state index contributed by atoms with van der Waals surface area (Å²) in [6.45, 7) is 7.52. The van der Waals surface area contributed by atoms with Crippen LogP contribution in [-0.2, 0) is 4.79 Å². The molecule has 0 amide bonds. The first-order valence-electron chi connectivity index (χ1n) is 12.6.